The van der Waals surface area contributed by atoms with Crippen molar-refractivity contribution in [2.45, 2.75) is 38.8 Å². The average molecular weight is 248 g/mol. The van der Waals surface area contributed by atoms with Gasteiger partial charge in [-0.3, -0.25) is 0 Å². The van der Waals surface area contributed by atoms with Crippen LogP contribution >= 0.6 is 0 Å². The molecule has 0 saturated carbocycles. The van der Waals surface area contributed by atoms with Crippen LogP contribution in [0, 0.1) is 0 Å². The van der Waals surface area contributed by atoms with Crippen molar-refractivity contribution in [2.24, 2.45) is 0 Å². The molecular weight excluding hydrogens is 228 g/mol. The van der Waals surface area contributed by atoms with Crippen LogP contribution < -0.4 is 10.6 Å². The summed E-state index contributed by atoms with van der Waals surface area (Å²) >= 11 is 0. The maximum atomic E-state index is 11.3. The van der Waals surface area contributed by atoms with Gasteiger partial charge in [0.2, 0.25) is 0 Å². The van der Waals surface area contributed by atoms with Gasteiger partial charge in [0.15, 0.2) is 0 Å². The molecule has 4 N–H and O–H groups in total. The number of ether oxygens (including phenoxy) is 1. The largest absolute Gasteiger partial charge is 0.503 e. The topological polar surface area (TPSA) is 108 Å². The van der Waals surface area contributed by atoms with Crippen molar-refractivity contribution in [3.63, 3.8) is 0 Å². The van der Waals surface area contributed by atoms with E-state index < -0.39 is 6.16 Å². The molecule has 1 amide bonds. The SMILES string of the molecule is CC(C)(C)NC(=O)OC1CCNC1.O=C(O)O. The zero-order valence-electron chi connectivity index (χ0n) is 10.3. The predicted molar refractivity (Wildman–Crippen MR) is 61.3 cm³/mol. The molecule has 1 fully saturated rings. The van der Waals surface area contributed by atoms with E-state index in [4.69, 9.17) is 19.7 Å². The van der Waals surface area contributed by atoms with E-state index in [2.05, 4.69) is 10.6 Å². The Morgan fingerprint density at radius 2 is 1.88 bits per heavy atom. The molecule has 7 nitrogen and oxygen atoms in total. The van der Waals surface area contributed by atoms with E-state index >= 15 is 0 Å². The summed E-state index contributed by atoms with van der Waals surface area (Å²) in [5.41, 5.74) is -0.219. The summed E-state index contributed by atoms with van der Waals surface area (Å²) in [5.74, 6) is 0. The molecule has 1 atom stereocenters. The number of rotatable bonds is 1. The lowest BCUT2D eigenvalue weighted by Gasteiger charge is -2.21. The molecule has 1 unspecified atom stereocenters. The number of alkyl carbamates (subject to hydrolysis) is 1. The lowest BCUT2D eigenvalue weighted by molar-refractivity contribution is 0.100. The second kappa shape index (κ2) is 6.95. The Balaban J connectivity index is 0.000000557. The summed E-state index contributed by atoms with van der Waals surface area (Å²) in [7, 11) is 0. The van der Waals surface area contributed by atoms with Gasteiger partial charge in [-0.15, -0.1) is 0 Å². The normalized spacial score (nSPS) is 18.9. The van der Waals surface area contributed by atoms with Crippen LogP contribution in [0.1, 0.15) is 27.2 Å². The number of hydrogen-bond acceptors (Lipinski definition) is 4. The molecule has 0 bridgehead atoms. The van der Waals surface area contributed by atoms with Crippen LogP contribution in [0.2, 0.25) is 0 Å². The van der Waals surface area contributed by atoms with E-state index in [-0.39, 0.29) is 17.7 Å². The van der Waals surface area contributed by atoms with Crippen LogP contribution in [-0.4, -0.2) is 47.2 Å². The van der Waals surface area contributed by atoms with E-state index in [0.717, 1.165) is 19.5 Å². The van der Waals surface area contributed by atoms with Crippen molar-refractivity contribution in [1.82, 2.24) is 10.6 Å². The van der Waals surface area contributed by atoms with Gasteiger partial charge in [-0.2, -0.15) is 0 Å². The fourth-order valence-electron chi connectivity index (χ4n) is 1.22. The van der Waals surface area contributed by atoms with Crippen molar-refractivity contribution in [3.8, 4) is 0 Å². The molecule has 1 aliphatic rings. The summed E-state index contributed by atoms with van der Waals surface area (Å²) < 4.78 is 5.17. The number of amides is 1. The molecule has 1 heterocycles. The van der Waals surface area contributed by atoms with E-state index in [1.807, 2.05) is 20.8 Å². The summed E-state index contributed by atoms with van der Waals surface area (Å²) in [6, 6.07) is 0. The molecular formula is C10H20N2O5. The minimum Gasteiger partial charge on any atom is -0.450 e. The molecule has 1 rings (SSSR count). The number of hydrogen-bond donors (Lipinski definition) is 4. The first-order valence-electron chi connectivity index (χ1n) is 5.32. The Hall–Kier alpha value is -1.50. The van der Waals surface area contributed by atoms with Crippen LogP contribution in [-0.2, 0) is 4.74 Å². The van der Waals surface area contributed by atoms with E-state index in [0.29, 0.717) is 0 Å². The molecule has 100 valence electrons. The van der Waals surface area contributed by atoms with E-state index in [1.165, 1.54) is 0 Å². The lowest BCUT2D eigenvalue weighted by Crippen LogP contribution is -2.42. The Bertz CT molecular complexity index is 252. The zero-order valence-corrected chi connectivity index (χ0v) is 10.3. The summed E-state index contributed by atoms with van der Waals surface area (Å²) in [6.07, 6.45) is -1.19. The van der Waals surface area contributed by atoms with Gasteiger partial charge >= 0.3 is 12.2 Å². The Kier molecular flexibility index (Phi) is 6.34. The van der Waals surface area contributed by atoms with Gasteiger partial charge < -0.3 is 25.6 Å². The molecule has 17 heavy (non-hydrogen) atoms. The Morgan fingerprint density at radius 3 is 2.24 bits per heavy atom. The average Bonchev–Trinajstić information content (AvgIpc) is 2.50. The summed E-state index contributed by atoms with van der Waals surface area (Å²) in [5, 5.41) is 19.8. The van der Waals surface area contributed by atoms with Crippen molar-refractivity contribution >= 4 is 12.2 Å². The van der Waals surface area contributed by atoms with Crippen molar-refractivity contribution in [1.29, 1.82) is 0 Å². The molecule has 7 heteroatoms. The van der Waals surface area contributed by atoms with Crippen molar-refractivity contribution in [3.05, 3.63) is 0 Å². The first-order valence-corrected chi connectivity index (χ1v) is 5.32. The quantitative estimate of drug-likeness (QED) is 0.553. The highest BCUT2D eigenvalue weighted by Crippen LogP contribution is 2.05. The highest BCUT2D eigenvalue weighted by atomic mass is 16.6. The van der Waals surface area contributed by atoms with Crippen molar-refractivity contribution < 1.29 is 24.5 Å². The fraction of sp³-hybridized carbons (Fsp3) is 0.800. The molecule has 0 radical (unpaired) electrons. The van der Waals surface area contributed by atoms with Gasteiger partial charge in [0.1, 0.15) is 6.10 Å². The predicted octanol–water partition coefficient (Wildman–Crippen LogP) is 1.10. The monoisotopic (exact) mass is 248 g/mol. The van der Waals surface area contributed by atoms with Crippen LogP contribution in [0.5, 0.6) is 0 Å². The second-order valence-electron chi connectivity index (χ2n) is 4.68. The van der Waals surface area contributed by atoms with E-state index in [1.54, 1.807) is 0 Å². The maximum Gasteiger partial charge on any atom is 0.503 e. The standard InChI is InChI=1S/C9H18N2O2.CH2O3/c1-9(2,3)11-8(12)13-7-4-5-10-6-7;2-1(3)4/h7,10H,4-6H2,1-3H3,(H,11,12);(H2,2,3,4). The third-order valence-electron chi connectivity index (χ3n) is 1.77. The minimum absolute atomic E-state index is 0.0438. The van der Waals surface area contributed by atoms with Gasteiger partial charge in [-0.25, -0.2) is 9.59 Å². The Labute approximate surface area is 100 Å². The molecule has 1 aliphatic heterocycles. The third kappa shape index (κ3) is 10.8. The van der Waals surface area contributed by atoms with Gasteiger partial charge in [0, 0.05) is 12.1 Å². The van der Waals surface area contributed by atoms with Gasteiger partial charge in [-0.05, 0) is 33.7 Å². The molecule has 0 spiro atoms. The van der Waals surface area contributed by atoms with Gasteiger partial charge in [0.25, 0.3) is 0 Å². The minimum atomic E-state index is -1.83. The van der Waals surface area contributed by atoms with Crippen molar-refractivity contribution in [2.75, 3.05) is 13.1 Å². The van der Waals surface area contributed by atoms with Crippen LogP contribution in [0.15, 0.2) is 0 Å². The summed E-state index contributed by atoms with van der Waals surface area (Å²) in [4.78, 5) is 19.8. The first kappa shape index (κ1) is 15.5. The molecule has 0 aromatic heterocycles. The zero-order chi connectivity index (χ0) is 13.5. The molecule has 0 aromatic carbocycles. The summed E-state index contributed by atoms with van der Waals surface area (Å²) in [6.45, 7) is 7.51. The molecule has 1 saturated heterocycles. The van der Waals surface area contributed by atoms with Crippen LogP contribution in [0.4, 0.5) is 9.59 Å². The Morgan fingerprint density at radius 1 is 1.35 bits per heavy atom. The first-order chi connectivity index (χ1) is 7.70. The third-order valence-corrected chi connectivity index (χ3v) is 1.77. The van der Waals surface area contributed by atoms with E-state index in [9.17, 15) is 4.79 Å². The maximum absolute atomic E-state index is 11.3. The highest BCUT2D eigenvalue weighted by molar-refractivity contribution is 5.68. The number of carbonyl (C=O) groups excluding carboxylic acids is 1. The number of carboxylic acid groups (broad SMARTS) is 2. The molecule has 0 aromatic rings. The smallest absolute Gasteiger partial charge is 0.450 e. The highest BCUT2D eigenvalue weighted by Gasteiger charge is 2.21. The molecule has 0 aliphatic carbocycles. The van der Waals surface area contributed by atoms with Crippen LogP contribution in [0.25, 0.3) is 0 Å². The lowest BCUT2D eigenvalue weighted by atomic mass is 10.1. The second-order valence-corrected chi connectivity index (χ2v) is 4.68. The number of nitrogens with one attached hydrogen (secondary N) is 2. The van der Waals surface area contributed by atoms with Gasteiger partial charge in [0.05, 0.1) is 0 Å². The number of carbonyl (C=O) groups is 2. The van der Waals surface area contributed by atoms with Gasteiger partial charge in [-0.1, -0.05) is 0 Å². The van der Waals surface area contributed by atoms with Crippen LogP contribution in [0.3, 0.4) is 0 Å². The fourth-order valence-corrected chi connectivity index (χ4v) is 1.22.